The first-order chi connectivity index (χ1) is 12.2. The second-order valence-corrected chi connectivity index (χ2v) is 6.17. The van der Waals surface area contributed by atoms with Gasteiger partial charge in [0.1, 0.15) is 12.7 Å². The molecule has 0 aliphatic carbocycles. The molecule has 7 heteroatoms. The van der Waals surface area contributed by atoms with Gasteiger partial charge in [-0.15, -0.1) is 24.0 Å². The van der Waals surface area contributed by atoms with Crippen molar-refractivity contribution in [3.63, 3.8) is 0 Å². The maximum absolute atomic E-state index is 5.98. The van der Waals surface area contributed by atoms with E-state index in [1.165, 1.54) is 0 Å². The van der Waals surface area contributed by atoms with Crippen LogP contribution < -0.4 is 20.1 Å². The first-order valence-electron chi connectivity index (χ1n) is 9.32. The minimum absolute atomic E-state index is 0. The molecule has 2 N–H and O–H groups in total. The van der Waals surface area contributed by atoms with Gasteiger partial charge in [-0.25, -0.2) is 0 Å². The zero-order valence-corrected chi connectivity index (χ0v) is 18.7. The standard InChI is InChI=1S/C19H32N4O2.HI/c1-5-20-19(21-12-15(4)23(6-2)7-3)22-13-16-14-24-17-10-8-9-11-18(17)25-16;/h8-11,15-16H,5-7,12-14H2,1-4H3,(H2,20,21,22);1H. The Labute approximate surface area is 174 Å². The number of hydrogen-bond donors (Lipinski definition) is 2. The molecule has 1 aromatic rings. The zero-order chi connectivity index (χ0) is 18.1. The Morgan fingerprint density at radius 1 is 1.19 bits per heavy atom. The number of hydrogen-bond acceptors (Lipinski definition) is 4. The quantitative estimate of drug-likeness (QED) is 0.344. The van der Waals surface area contributed by atoms with Gasteiger partial charge in [0.15, 0.2) is 17.5 Å². The molecule has 0 radical (unpaired) electrons. The van der Waals surface area contributed by atoms with Crippen molar-refractivity contribution in [1.82, 2.24) is 15.5 Å². The number of benzene rings is 1. The lowest BCUT2D eigenvalue weighted by molar-refractivity contribution is 0.0936. The van der Waals surface area contributed by atoms with Gasteiger partial charge in [-0.1, -0.05) is 26.0 Å². The number of aliphatic imine (C=N–C) groups is 1. The van der Waals surface area contributed by atoms with Crippen molar-refractivity contribution in [3.05, 3.63) is 24.3 Å². The van der Waals surface area contributed by atoms with Gasteiger partial charge in [-0.05, 0) is 39.1 Å². The lowest BCUT2D eigenvalue weighted by atomic mass is 10.2. The van der Waals surface area contributed by atoms with Crippen molar-refractivity contribution in [2.24, 2.45) is 4.99 Å². The molecule has 0 bridgehead atoms. The summed E-state index contributed by atoms with van der Waals surface area (Å²) < 4.78 is 11.7. The molecule has 1 aliphatic heterocycles. The fraction of sp³-hybridized carbons (Fsp3) is 0.632. The molecular weight excluding hydrogens is 443 g/mol. The van der Waals surface area contributed by atoms with E-state index >= 15 is 0 Å². The summed E-state index contributed by atoms with van der Waals surface area (Å²) in [7, 11) is 0. The molecule has 0 saturated heterocycles. The molecule has 2 unspecified atom stereocenters. The monoisotopic (exact) mass is 476 g/mol. The Hall–Kier alpha value is -1.22. The first-order valence-corrected chi connectivity index (χ1v) is 9.32. The molecule has 26 heavy (non-hydrogen) atoms. The molecule has 1 heterocycles. The van der Waals surface area contributed by atoms with Gasteiger partial charge in [0, 0.05) is 12.6 Å². The summed E-state index contributed by atoms with van der Waals surface area (Å²) >= 11 is 0. The molecule has 6 nitrogen and oxygen atoms in total. The Bertz CT molecular complexity index is 552. The van der Waals surface area contributed by atoms with E-state index in [0.717, 1.165) is 43.6 Å². The molecule has 0 aromatic heterocycles. The minimum Gasteiger partial charge on any atom is -0.486 e. The van der Waals surface area contributed by atoms with Crippen LogP contribution in [-0.4, -0.2) is 62.3 Å². The number of halogens is 1. The Balaban J connectivity index is 0.00000338. The van der Waals surface area contributed by atoms with Crippen LogP contribution in [0.5, 0.6) is 11.5 Å². The van der Waals surface area contributed by atoms with Gasteiger partial charge in [0.05, 0.1) is 13.1 Å². The number of ether oxygens (including phenoxy) is 2. The summed E-state index contributed by atoms with van der Waals surface area (Å²) in [5.41, 5.74) is 0. The average molecular weight is 476 g/mol. The van der Waals surface area contributed by atoms with Crippen molar-refractivity contribution in [2.45, 2.75) is 39.8 Å². The van der Waals surface area contributed by atoms with Gasteiger partial charge in [-0.2, -0.15) is 0 Å². The lowest BCUT2D eigenvalue weighted by Crippen LogP contribution is -2.46. The summed E-state index contributed by atoms with van der Waals surface area (Å²) in [5.74, 6) is 2.44. The molecule has 148 valence electrons. The van der Waals surface area contributed by atoms with Crippen molar-refractivity contribution in [2.75, 3.05) is 39.3 Å². The van der Waals surface area contributed by atoms with Crippen LogP contribution in [0.2, 0.25) is 0 Å². The largest absolute Gasteiger partial charge is 0.486 e. The molecule has 1 aliphatic rings. The number of nitrogens with one attached hydrogen (secondary N) is 2. The normalized spacial score (nSPS) is 17.4. The minimum atomic E-state index is -0.0287. The third kappa shape index (κ3) is 6.83. The maximum atomic E-state index is 5.98. The van der Waals surface area contributed by atoms with Crippen LogP contribution in [0.3, 0.4) is 0 Å². The van der Waals surface area contributed by atoms with Crippen molar-refractivity contribution >= 4 is 29.9 Å². The lowest BCUT2D eigenvalue weighted by Gasteiger charge is -2.27. The van der Waals surface area contributed by atoms with E-state index in [1.807, 2.05) is 24.3 Å². The molecule has 0 amide bonds. The molecule has 0 spiro atoms. The van der Waals surface area contributed by atoms with E-state index in [9.17, 15) is 0 Å². The van der Waals surface area contributed by atoms with E-state index in [2.05, 4.69) is 43.2 Å². The number of nitrogens with zero attached hydrogens (tertiary/aromatic N) is 2. The maximum Gasteiger partial charge on any atom is 0.191 e. The van der Waals surface area contributed by atoms with Crippen LogP contribution in [-0.2, 0) is 0 Å². The van der Waals surface area contributed by atoms with Crippen LogP contribution in [0, 0.1) is 0 Å². The van der Waals surface area contributed by atoms with Gasteiger partial charge in [-0.3, -0.25) is 9.89 Å². The highest BCUT2D eigenvalue weighted by Crippen LogP contribution is 2.30. The van der Waals surface area contributed by atoms with Crippen LogP contribution >= 0.6 is 24.0 Å². The third-order valence-electron chi connectivity index (χ3n) is 4.36. The summed E-state index contributed by atoms with van der Waals surface area (Å²) in [6.07, 6.45) is -0.0287. The zero-order valence-electron chi connectivity index (χ0n) is 16.3. The Morgan fingerprint density at radius 2 is 1.88 bits per heavy atom. The predicted molar refractivity (Wildman–Crippen MR) is 118 cm³/mol. The van der Waals surface area contributed by atoms with Crippen LogP contribution in [0.4, 0.5) is 0 Å². The van der Waals surface area contributed by atoms with Crippen molar-refractivity contribution in [3.8, 4) is 11.5 Å². The van der Waals surface area contributed by atoms with E-state index in [-0.39, 0.29) is 30.1 Å². The number of fused-ring (bicyclic) bond motifs is 1. The smallest absolute Gasteiger partial charge is 0.191 e. The second-order valence-electron chi connectivity index (χ2n) is 6.17. The number of para-hydroxylation sites is 2. The molecule has 1 aromatic carbocycles. The summed E-state index contributed by atoms with van der Waals surface area (Å²) in [6, 6.07) is 8.20. The van der Waals surface area contributed by atoms with Gasteiger partial charge < -0.3 is 20.1 Å². The molecule has 2 atom stereocenters. The highest BCUT2D eigenvalue weighted by atomic mass is 127. The number of rotatable bonds is 8. The van der Waals surface area contributed by atoms with Crippen LogP contribution in [0.15, 0.2) is 29.3 Å². The van der Waals surface area contributed by atoms with E-state index < -0.39 is 0 Å². The van der Waals surface area contributed by atoms with Crippen LogP contribution in [0.25, 0.3) is 0 Å². The van der Waals surface area contributed by atoms with Crippen molar-refractivity contribution in [1.29, 1.82) is 0 Å². The first kappa shape index (κ1) is 22.8. The molecule has 0 saturated carbocycles. The molecule has 0 fully saturated rings. The summed E-state index contributed by atoms with van der Waals surface area (Å²) in [4.78, 5) is 7.12. The van der Waals surface area contributed by atoms with E-state index in [1.54, 1.807) is 0 Å². The Kier molecular flexibility index (Phi) is 10.7. The van der Waals surface area contributed by atoms with Crippen LogP contribution in [0.1, 0.15) is 27.7 Å². The highest BCUT2D eigenvalue weighted by Gasteiger charge is 2.20. The SMILES string of the molecule is CCNC(=NCC(C)N(CC)CC)NCC1COc2ccccc2O1.I. The number of guanidine groups is 1. The number of likely N-dealkylation sites (N-methyl/N-ethyl adjacent to an activating group) is 1. The van der Waals surface area contributed by atoms with Gasteiger partial charge >= 0.3 is 0 Å². The third-order valence-corrected chi connectivity index (χ3v) is 4.36. The fourth-order valence-electron chi connectivity index (χ4n) is 2.90. The predicted octanol–water partition coefficient (Wildman–Crippen LogP) is 2.73. The van der Waals surface area contributed by atoms with E-state index in [0.29, 0.717) is 19.2 Å². The molecule has 2 rings (SSSR count). The van der Waals surface area contributed by atoms with E-state index in [4.69, 9.17) is 14.5 Å². The summed E-state index contributed by atoms with van der Waals surface area (Å²) in [5, 5.41) is 6.66. The topological polar surface area (TPSA) is 58.1 Å². The Morgan fingerprint density at radius 3 is 2.54 bits per heavy atom. The summed E-state index contributed by atoms with van der Waals surface area (Å²) in [6.45, 7) is 13.5. The van der Waals surface area contributed by atoms with Crippen molar-refractivity contribution < 1.29 is 9.47 Å². The van der Waals surface area contributed by atoms with Gasteiger partial charge in [0.25, 0.3) is 0 Å². The average Bonchev–Trinajstić information content (AvgIpc) is 2.64. The second kappa shape index (κ2) is 12.2. The molecular formula is C19H33IN4O2. The van der Waals surface area contributed by atoms with Gasteiger partial charge in [0.2, 0.25) is 0 Å². The fourth-order valence-corrected chi connectivity index (χ4v) is 2.90. The highest BCUT2D eigenvalue weighted by molar-refractivity contribution is 14.0.